The van der Waals surface area contributed by atoms with E-state index in [1.807, 2.05) is 14.0 Å². The van der Waals surface area contributed by atoms with E-state index in [4.69, 9.17) is 4.74 Å². The molecular weight excluding hydrogens is 312 g/mol. The zero-order chi connectivity index (χ0) is 18.5. The van der Waals surface area contributed by atoms with Crippen LogP contribution in [0.3, 0.4) is 0 Å². The number of unbranched alkanes of at least 4 members (excludes halogenated alkanes) is 1. The van der Waals surface area contributed by atoms with Gasteiger partial charge in [0, 0.05) is 45.9 Å². The van der Waals surface area contributed by atoms with Crippen LogP contribution in [-0.4, -0.2) is 50.8 Å². The summed E-state index contributed by atoms with van der Waals surface area (Å²) in [5, 5.41) is 6.79. The molecule has 0 atom stereocenters. The number of guanidine groups is 1. The van der Waals surface area contributed by atoms with Crippen LogP contribution in [0, 0.1) is 0 Å². The monoisotopic (exact) mass is 348 g/mol. The average molecular weight is 349 g/mol. The Morgan fingerprint density at radius 2 is 1.88 bits per heavy atom. The van der Waals surface area contributed by atoms with Crippen molar-refractivity contribution >= 4 is 5.96 Å². The molecule has 1 rings (SSSR count). The number of ether oxygens (including phenoxy) is 1. The Hall–Kier alpha value is -1.59. The molecule has 142 valence electrons. The van der Waals surface area contributed by atoms with Gasteiger partial charge in [0.2, 0.25) is 0 Å². The third kappa shape index (κ3) is 8.89. The Morgan fingerprint density at radius 1 is 1.16 bits per heavy atom. The summed E-state index contributed by atoms with van der Waals surface area (Å²) in [4.78, 5) is 6.66. The number of aliphatic imine (C=N–C) groups is 1. The molecule has 0 spiro atoms. The normalized spacial score (nSPS) is 12.0. The first-order valence-electron chi connectivity index (χ1n) is 9.37. The molecule has 1 aromatic rings. The second-order valence-corrected chi connectivity index (χ2v) is 6.53. The van der Waals surface area contributed by atoms with Crippen molar-refractivity contribution in [2.24, 2.45) is 4.99 Å². The lowest BCUT2D eigenvalue weighted by molar-refractivity contribution is 0.143. The zero-order valence-electron chi connectivity index (χ0n) is 16.6. The molecule has 0 heterocycles. The van der Waals surface area contributed by atoms with Gasteiger partial charge in [-0.15, -0.1) is 0 Å². The van der Waals surface area contributed by atoms with Crippen LogP contribution < -0.4 is 10.6 Å². The molecule has 0 aliphatic heterocycles. The number of hydrogen-bond donors (Lipinski definition) is 2. The Bertz CT molecular complexity index is 502. The molecular formula is C20H36N4O. The van der Waals surface area contributed by atoms with E-state index in [-0.39, 0.29) is 0 Å². The lowest BCUT2D eigenvalue weighted by atomic mass is 10.1. The minimum Gasteiger partial charge on any atom is -0.382 e. The standard InChI is InChI=1S/C20H36N4O/c1-6-25-14-10-9-13-22-20(21-4)23-15-18-11-7-8-12-19(18)16-24(5)17(2)3/h7-8,11-12,17H,6,9-10,13-16H2,1-5H3,(H2,21,22,23). The first-order chi connectivity index (χ1) is 12.1. The molecule has 0 saturated carbocycles. The van der Waals surface area contributed by atoms with Gasteiger partial charge in [0.1, 0.15) is 0 Å². The molecule has 0 aliphatic carbocycles. The van der Waals surface area contributed by atoms with Gasteiger partial charge >= 0.3 is 0 Å². The first-order valence-corrected chi connectivity index (χ1v) is 9.37. The van der Waals surface area contributed by atoms with Gasteiger partial charge in [-0.25, -0.2) is 0 Å². The summed E-state index contributed by atoms with van der Waals surface area (Å²) in [5.74, 6) is 0.850. The van der Waals surface area contributed by atoms with Crippen molar-refractivity contribution in [3.8, 4) is 0 Å². The molecule has 5 heteroatoms. The molecule has 0 saturated heterocycles. The van der Waals surface area contributed by atoms with E-state index in [0.29, 0.717) is 6.04 Å². The van der Waals surface area contributed by atoms with Crippen molar-refractivity contribution in [3.05, 3.63) is 35.4 Å². The fourth-order valence-corrected chi connectivity index (χ4v) is 2.42. The molecule has 0 unspecified atom stereocenters. The summed E-state index contributed by atoms with van der Waals surface area (Å²) in [5.41, 5.74) is 2.67. The highest BCUT2D eigenvalue weighted by Gasteiger charge is 2.08. The highest BCUT2D eigenvalue weighted by molar-refractivity contribution is 5.79. The predicted molar refractivity (Wildman–Crippen MR) is 107 cm³/mol. The van der Waals surface area contributed by atoms with Gasteiger partial charge < -0.3 is 15.4 Å². The SMILES string of the molecule is CCOCCCCNC(=NC)NCc1ccccc1CN(C)C(C)C. The van der Waals surface area contributed by atoms with Gasteiger partial charge in [0.15, 0.2) is 5.96 Å². The molecule has 25 heavy (non-hydrogen) atoms. The molecule has 0 radical (unpaired) electrons. The van der Waals surface area contributed by atoms with Crippen LogP contribution >= 0.6 is 0 Å². The summed E-state index contributed by atoms with van der Waals surface area (Å²) in [6.45, 7) is 10.7. The smallest absolute Gasteiger partial charge is 0.191 e. The average Bonchev–Trinajstić information content (AvgIpc) is 2.61. The molecule has 2 N–H and O–H groups in total. The number of rotatable bonds is 11. The van der Waals surface area contributed by atoms with Crippen molar-refractivity contribution in [2.45, 2.75) is 52.7 Å². The van der Waals surface area contributed by atoms with E-state index < -0.39 is 0 Å². The van der Waals surface area contributed by atoms with E-state index in [1.165, 1.54) is 11.1 Å². The van der Waals surface area contributed by atoms with Gasteiger partial charge in [-0.1, -0.05) is 24.3 Å². The van der Waals surface area contributed by atoms with E-state index >= 15 is 0 Å². The summed E-state index contributed by atoms with van der Waals surface area (Å²) in [6.07, 6.45) is 2.15. The van der Waals surface area contributed by atoms with Crippen molar-refractivity contribution in [1.29, 1.82) is 0 Å². The Balaban J connectivity index is 2.45. The number of benzene rings is 1. The fraction of sp³-hybridized carbons (Fsp3) is 0.650. The minimum atomic E-state index is 0.534. The summed E-state index contributed by atoms with van der Waals surface area (Å²) >= 11 is 0. The second kappa shape index (κ2) is 12.7. The largest absolute Gasteiger partial charge is 0.382 e. The molecule has 0 aliphatic rings. The van der Waals surface area contributed by atoms with Gasteiger partial charge in [-0.05, 0) is 51.8 Å². The van der Waals surface area contributed by atoms with Crippen LogP contribution in [0.15, 0.2) is 29.3 Å². The maximum absolute atomic E-state index is 5.36. The minimum absolute atomic E-state index is 0.534. The highest BCUT2D eigenvalue weighted by atomic mass is 16.5. The van der Waals surface area contributed by atoms with Gasteiger partial charge in [0.05, 0.1) is 0 Å². The maximum atomic E-state index is 5.36. The number of nitrogens with zero attached hydrogens (tertiary/aromatic N) is 2. The third-order valence-corrected chi connectivity index (χ3v) is 4.30. The van der Waals surface area contributed by atoms with Crippen molar-refractivity contribution < 1.29 is 4.74 Å². The molecule has 0 bridgehead atoms. The van der Waals surface area contributed by atoms with E-state index in [0.717, 1.165) is 51.6 Å². The van der Waals surface area contributed by atoms with Crippen molar-refractivity contribution in [1.82, 2.24) is 15.5 Å². The molecule has 5 nitrogen and oxygen atoms in total. The van der Waals surface area contributed by atoms with Crippen molar-refractivity contribution in [2.75, 3.05) is 33.9 Å². The van der Waals surface area contributed by atoms with E-state index in [1.54, 1.807) is 0 Å². The predicted octanol–water partition coefficient (Wildman–Crippen LogP) is 3.01. The topological polar surface area (TPSA) is 48.9 Å². The van der Waals surface area contributed by atoms with Crippen LogP contribution in [0.5, 0.6) is 0 Å². The number of nitrogens with one attached hydrogen (secondary N) is 2. The Kier molecular flexibility index (Phi) is 10.9. The van der Waals surface area contributed by atoms with Gasteiger partial charge in [-0.2, -0.15) is 0 Å². The first kappa shape index (κ1) is 21.5. The Morgan fingerprint density at radius 3 is 2.52 bits per heavy atom. The summed E-state index contributed by atoms with van der Waals surface area (Å²) in [6, 6.07) is 9.14. The Labute approximate surface area is 153 Å². The van der Waals surface area contributed by atoms with Crippen LogP contribution in [0.1, 0.15) is 44.7 Å². The third-order valence-electron chi connectivity index (χ3n) is 4.30. The summed E-state index contributed by atoms with van der Waals surface area (Å²) in [7, 11) is 3.98. The molecule has 0 fully saturated rings. The maximum Gasteiger partial charge on any atom is 0.191 e. The fourth-order valence-electron chi connectivity index (χ4n) is 2.42. The van der Waals surface area contributed by atoms with Gasteiger partial charge in [0.25, 0.3) is 0 Å². The van der Waals surface area contributed by atoms with Crippen LogP contribution in [0.2, 0.25) is 0 Å². The number of hydrogen-bond acceptors (Lipinski definition) is 3. The van der Waals surface area contributed by atoms with Crippen LogP contribution in [-0.2, 0) is 17.8 Å². The highest BCUT2D eigenvalue weighted by Crippen LogP contribution is 2.12. The lowest BCUT2D eigenvalue weighted by Gasteiger charge is -2.23. The van der Waals surface area contributed by atoms with E-state index in [2.05, 4.69) is 65.7 Å². The van der Waals surface area contributed by atoms with E-state index in [9.17, 15) is 0 Å². The van der Waals surface area contributed by atoms with Crippen LogP contribution in [0.25, 0.3) is 0 Å². The van der Waals surface area contributed by atoms with Gasteiger partial charge in [-0.3, -0.25) is 9.89 Å². The molecule has 1 aromatic carbocycles. The molecule has 0 aromatic heterocycles. The quantitative estimate of drug-likeness (QED) is 0.367. The zero-order valence-corrected chi connectivity index (χ0v) is 16.6. The second-order valence-electron chi connectivity index (χ2n) is 6.53. The molecule has 0 amide bonds. The van der Waals surface area contributed by atoms with Crippen molar-refractivity contribution in [3.63, 3.8) is 0 Å². The summed E-state index contributed by atoms with van der Waals surface area (Å²) < 4.78 is 5.36. The van der Waals surface area contributed by atoms with Crippen LogP contribution in [0.4, 0.5) is 0 Å². The lowest BCUT2D eigenvalue weighted by Crippen LogP contribution is -2.37.